The summed E-state index contributed by atoms with van der Waals surface area (Å²) in [6, 6.07) is 1.19. The molecule has 82 valence electrons. The molecule has 0 amide bonds. The fraction of sp³-hybridized carbons (Fsp3) is 0.500. The second-order valence-electron chi connectivity index (χ2n) is 3.61. The second kappa shape index (κ2) is 4.04. The highest BCUT2D eigenvalue weighted by Crippen LogP contribution is 2.23. The topological polar surface area (TPSA) is 71.7 Å². The number of hydrogen-bond donors (Lipinski definition) is 2. The van der Waals surface area contributed by atoms with Crippen molar-refractivity contribution in [3.8, 4) is 0 Å². The third-order valence-electron chi connectivity index (χ3n) is 2.55. The zero-order chi connectivity index (χ0) is 10.8. The Morgan fingerprint density at radius 1 is 1.67 bits per heavy atom. The van der Waals surface area contributed by atoms with E-state index in [4.69, 9.17) is 14.3 Å². The van der Waals surface area contributed by atoms with Crippen molar-refractivity contribution in [1.82, 2.24) is 5.32 Å². The van der Waals surface area contributed by atoms with Crippen LogP contribution in [0.1, 0.15) is 18.6 Å². The van der Waals surface area contributed by atoms with Gasteiger partial charge in [-0.1, -0.05) is 0 Å². The molecular formula is C10H13NO4. The number of carbonyl (C=O) groups is 1. The maximum atomic E-state index is 10.8. The molecule has 2 rings (SSSR count). The first-order valence-corrected chi connectivity index (χ1v) is 4.82. The molecule has 0 aromatic carbocycles. The average molecular weight is 211 g/mol. The van der Waals surface area contributed by atoms with Gasteiger partial charge in [-0.05, 0) is 13.0 Å². The van der Waals surface area contributed by atoms with E-state index in [0.29, 0.717) is 6.54 Å². The number of rotatable bonds is 2. The van der Waals surface area contributed by atoms with Crippen LogP contribution in [0.25, 0.3) is 0 Å². The molecule has 0 radical (unpaired) electrons. The van der Waals surface area contributed by atoms with E-state index < -0.39 is 12.0 Å². The largest absolute Gasteiger partial charge is 0.480 e. The van der Waals surface area contributed by atoms with Crippen molar-refractivity contribution in [1.29, 1.82) is 0 Å². The Hall–Kier alpha value is -1.33. The van der Waals surface area contributed by atoms with Crippen molar-refractivity contribution in [2.45, 2.75) is 25.2 Å². The summed E-state index contributed by atoms with van der Waals surface area (Å²) in [6.07, 6.45) is 2.71. The van der Waals surface area contributed by atoms with E-state index in [1.807, 2.05) is 6.07 Å². The van der Waals surface area contributed by atoms with Crippen LogP contribution >= 0.6 is 0 Å². The smallest absolute Gasteiger partial charge is 0.323 e. The highest BCUT2D eigenvalue weighted by atomic mass is 16.5. The maximum Gasteiger partial charge on any atom is 0.323 e. The van der Waals surface area contributed by atoms with Crippen LogP contribution in [0.4, 0.5) is 0 Å². The first-order valence-electron chi connectivity index (χ1n) is 4.82. The molecule has 2 N–H and O–H groups in total. The van der Waals surface area contributed by atoms with Gasteiger partial charge in [0.2, 0.25) is 0 Å². The van der Waals surface area contributed by atoms with Crippen LogP contribution in [0, 0.1) is 0 Å². The summed E-state index contributed by atoms with van der Waals surface area (Å²) < 4.78 is 10.6. The van der Waals surface area contributed by atoms with Crippen LogP contribution in [0.5, 0.6) is 0 Å². The number of nitrogens with one attached hydrogen (secondary N) is 1. The normalized spacial score (nSPS) is 31.4. The predicted octanol–water partition coefficient (Wildman–Crippen LogP) is 0.782. The summed E-state index contributed by atoms with van der Waals surface area (Å²) in [5, 5.41) is 11.8. The van der Waals surface area contributed by atoms with Gasteiger partial charge in [0.1, 0.15) is 6.04 Å². The molecule has 1 aliphatic heterocycles. The van der Waals surface area contributed by atoms with Gasteiger partial charge in [-0.2, -0.15) is 0 Å². The Morgan fingerprint density at radius 3 is 3.00 bits per heavy atom. The highest BCUT2D eigenvalue weighted by Gasteiger charge is 2.33. The van der Waals surface area contributed by atoms with Gasteiger partial charge in [0.05, 0.1) is 24.7 Å². The van der Waals surface area contributed by atoms with Gasteiger partial charge in [-0.15, -0.1) is 0 Å². The third-order valence-corrected chi connectivity index (χ3v) is 2.55. The third kappa shape index (κ3) is 2.03. The van der Waals surface area contributed by atoms with E-state index in [9.17, 15) is 4.79 Å². The minimum Gasteiger partial charge on any atom is -0.480 e. The van der Waals surface area contributed by atoms with Crippen molar-refractivity contribution in [2.75, 3.05) is 6.54 Å². The molecule has 0 bridgehead atoms. The van der Waals surface area contributed by atoms with Crippen LogP contribution in [-0.2, 0) is 9.53 Å². The molecule has 3 atom stereocenters. The van der Waals surface area contributed by atoms with Gasteiger partial charge in [0, 0.05) is 12.1 Å². The van der Waals surface area contributed by atoms with Crippen molar-refractivity contribution < 1.29 is 19.1 Å². The number of furan rings is 1. The van der Waals surface area contributed by atoms with Gasteiger partial charge in [0.15, 0.2) is 0 Å². The van der Waals surface area contributed by atoms with Crippen LogP contribution in [0.3, 0.4) is 0 Å². The maximum absolute atomic E-state index is 10.8. The molecule has 15 heavy (non-hydrogen) atoms. The fourth-order valence-corrected chi connectivity index (χ4v) is 1.73. The Balaban J connectivity index is 2.03. The van der Waals surface area contributed by atoms with Gasteiger partial charge in [-0.3, -0.25) is 10.1 Å². The molecule has 0 saturated carbocycles. The molecule has 0 aliphatic carbocycles. The van der Waals surface area contributed by atoms with E-state index >= 15 is 0 Å². The van der Waals surface area contributed by atoms with Crippen LogP contribution in [0.15, 0.2) is 23.0 Å². The quantitative estimate of drug-likeness (QED) is 0.756. The minimum atomic E-state index is -0.881. The van der Waals surface area contributed by atoms with E-state index in [2.05, 4.69) is 5.32 Å². The SMILES string of the molecule is CC1OC(c2ccoc2)CNC1C(=O)O. The standard InChI is InChI=1S/C10H13NO4/c1-6-9(10(12)13)11-4-8(15-6)7-2-3-14-5-7/h2-3,5-6,8-9,11H,4H2,1H3,(H,12,13). The first kappa shape index (κ1) is 10.2. The highest BCUT2D eigenvalue weighted by molar-refractivity contribution is 5.74. The molecule has 2 heterocycles. The lowest BCUT2D eigenvalue weighted by Gasteiger charge is -2.32. The van der Waals surface area contributed by atoms with Crippen LogP contribution < -0.4 is 5.32 Å². The zero-order valence-corrected chi connectivity index (χ0v) is 8.34. The van der Waals surface area contributed by atoms with Gasteiger partial charge >= 0.3 is 5.97 Å². The lowest BCUT2D eigenvalue weighted by atomic mass is 10.1. The molecule has 1 fully saturated rings. The molecule has 5 heteroatoms. The predicted molar refractivity (Wildman–Crippen MR) is 51.4 cm³/mol. The molecule has 1 aromatic rings. The number of morpholine rings is 1. The van der Waals surface area contributed by atoms with E-state index in [-0.39, 0.29) is 12.2 Å². The number of hydrogen-bond acceptors (Lipinski definition) is 4. The molecule has 0 spiro atoms. The first-order chi connectivity index (χ1) is 7.18. The molecule has 5 nitrogen and oxygen atoms in total. The van der Waals surface area contributed by atoms with E-state index in [1.54, 1.807) is 19.5 Å². The van der Waals surface area contributed by atoms with Crippen molar-refractivity contribution >= 4 is 5.97 Å². The van der Waals surface area contributed by atoms with Crippen LogP contribution in [0.2, 0.25) is 0 Å². The summed E-state index contributed by atoms with van der Waals surface area (Å²) in [7, 11) is 0. The number of carboxylic acids is 1. The van der Waals surface area contributed by atoms with Gasteiger partial charge in [0.25, 0.3) is 0 Å². The van der Waals surface area contributed by atoms with Gasteiger partial charge in [-0.25, -0.2) is 0 Å². The second-order valence-corrected chi connectivity index (χ2v) is 3.61. The lowest BCUT2D eigenvalue weighted by molar-refractivity contribution is -0.149. The number of aliphatic carboxylic acids is 1. The van der Waals surface area contributed by atoms with Crippen molar-refractivity contribution in [3.63, 3.8) is 0 Å². The molecule has 1 aliphatic rings. The monoisotopic (exact) mass is 211 g/mol. The average Bonchev–Trinajstić information content (AvgIpc) is 2.69. The summed E-state index contributed by atoms with van der Waals surface area (Å²) in [4.78, 5) is 10.8. The Morgan fingerprint density at radius 2 is 2.47 bits per heavy atom. The Bertz CT molecular complexity index is 335. The number of carboxylic acid groups (broad SMARTS) is 1. The zero-order valence-electron chi connectivity index (χ0n) is 8.34. The Labute approximate surface area is 87.0 Å². The fourth-order valence-electron chi connectivity index (χ4n) is 1.73. The molecule has 1 saturated heterocycles. The molecule has 1 aromatic heterocycles. The van der Waals surface area contributed by atoms with Crippen molar-refractivity contribution in [3.05, 3.63) is 24.2 Å². The lowest BCUT2D eigenvalue weighted by Crippen LogP contribution is -2.52. The molecular weight excluding hydrogens is 198 g/mol. The molecule has 3 unspecified atom stereocenters. The minimum absolute atomic E-state index is 0.130. The summed E-state index contributed by atoms with van der Waals surface area (Å²) in [5.41, 5.74) is 0.929. The van der Waals surface area contributed by atoms with Gasteiger partial charge < -0.3 is 14.3 Å². The van der Waals surface area contributed by atoms with E-state index in [0.717, 1.165) is 5.56 Å². The summed E-state index contributed by atoms with van der Waals surface area (Å²) >= 11 is 0. The van der Waals surface area contributed by atoms with E-state index in [1.165, 1.54) is 0 Å². The Kier molecular flexibility index (Phi) is 2.75. The summed E-state index contributed by atoms with van der Waals surface area (Å²) in [5.74, 6) is -0.881. The van der Waals surface area contributed by atoms with Crippen molar-refractivity contribution in [2.24, 2.45) is 0 Å². The van der Waals surface area contributed by atoms with Crippen LogP contribution in [-0.4, -0.2) is 29.8 Å². The number of ether oxygens (including phenoxy) is 1. The summed E-state index contributed by atoms with van der Waals surface area (Å²) in [6.45, 7) is 2.23.